The van der Waals surface area contributed by atoms with Crippen LogP contribution in [0.3, 0.4) is 0 Å². The van der Waals surface area contributed by atoms with Crippen LogP contribution in [-0.2, 0) is 4.79 Å². The first-order valence-corrected chi connectivity index (χ1v) is 2.90. The molecule has 0 aliphatic rings. The first-order chi connectivity index (χ1) is 5.13. The molecule has 0 aliphatic heterocycles. The highest BCUT2D eigenvalue weighted by molar-refractivity contribution is 6.40. The van der Waals surface area contributed by atoms with Crippen molar-refractivity contribution in [2.45, 2.75) is 6.92 Å². The van der Waals surface area contributed by atoms with Gasteiger partial charge in [0.15, 0.2) is 0 Å². The molecule has 5 nitrogen and oxygen atoms in total. The van der Waals surface area contributed by atoms with Gasteiger partial charge in [0.25, 0.3) is 5.78 Å². The number of ketones is 1. The van der Waals surface area contributed by atoms with Crippen molar-refractivity contribution in [2.75, 3.05) is 0 Å². The molecule has 0 unspecified atom stereocenters. The van der Waals surface area contributed by atoms with E-state index in [4.69, 9.17) is 5.11 Å². The number of carboxylic acids is 1. The topological polar surface area (TPSA) is 83.0 Å². The minimum Gasteiger partial charge on any atom is -0.475 e. The monoisotopic (exact) mass is 154 g/mol. The lowest BCUT2D eigenvalue weighted by Gasteiger charge is -1.89. The highest BCUT2D eigenvalue weighted by Crippen LogP contribution is 2.02. The molecule has 1 heterocycles. The molecule has 2 N–H and O–H groups in total. The number of aliphatic carboxylic acids is 1. The standard InChI is InChI=1S/C6H6N2O3/c1-3-4(2-7-8-3)5(9)6(10)11/h2H,1H3,(H,7,8)(H,10,11). The molecule has 0 radical (unpaired) electrons. The van der Waals surface area contributed by atoms with Gasteiger partial charge >= 0.3 is 5.97 Å². The molecule has 0 fully saturated rings. The summed E-state index contributed by atoms with van der Waals surface area (Å²) in [6.07, 6.45) is 1.20. The third-order valence-corrected chi connectivity index (χ3v) is 1.27. The molecule has 0 aromatic carbocycles. The molecule has 0 atom stereocenters. The molecule has 0 aliphatic carbocycles. The van der Waals surface area contributed by atoms with Crippen molar-refractivity contribution in [3.8, 4) is 0 Å². The molecule has 58 valence electrons. The van der Waals surface area contributed by atoms with Crippen LogP contribution in [0.2, 0.25) is 0 Å². The van der Waals surface area contributed by atoms with E-state index >= 15 is 0 Å². The highest BCUT2D eigenvalue weighted by Gasteiger charge is 2.17. The van der Waals surface area contributed by atoms with Gasteiger partial charge in [-0.3, -0.25) is 9.89 Å². The van der Waals surface area contributed by atoms with Gasteiger partial charge in [-0.2, -0.15) is 5.10 Å². The number of nitrogens with one attached hydrogen (secondary N) is 1. The van der Waals surface area contributed by atoms with Crippen molar-refractivity contribution < 1.29 is 14.7 Å². The first kappa shape index (κ1) is 7.46. The van der Waals surface area contributed by atoms with Crippen molar-refractivity contribution in [3.63, 3.8) is 0 Å². The molecular weight excluding hydrogens is 148 g/mol. The van der Waals surface area contributed by atoms with Gasteiger partial charge in [-0.25, -0.2) is 4.79 Å². The third kappa shape index (κ3) is 1.26. The fourth-order valence-corrected chi connectivity index (χ4v) is 0.695. The molecule has 1 aromatic rings. The summed E-state index contributed by atoms with van der Waals surface area (Å²) in [7, 11) is 0. The average molecular weight is 154 g/mol. The summed E-state index contributed by atoms with van der Waals surface area (Å²) in [6, 6.07) is 0. The van der Waals surface area contributed by atoms with Crippen LogP contribution in [-0.4, -0.2) is 27.1 Å². The number of hydrogen-bond donors (Lipinski definition) is 2. The lowest BCUT2D eigenvalue weighted by molar-refractivity contribution is -0.131. The van der Waals surface area contributed by atoms with Gasteiger partial charge in [0, 0.05) is 5.69 Å². The van der Waals surface area contributed by atoms with Crippen LogP contribution in [0.1, 0.15) is 16.1 Å². The Balaban J connectivity index is 3.02. The fourth-order valence-electron chi connectivity index (χ4n) is 0.695. The lowest BCUT2D eigenvalue weighted by Crippen LogP contribution is -2.12. The Hall–Kier alpha value is -1.65. The molecule has 1 aromatic heterocycles. The van der Waals surface area contributed by atoms with E-state index < -0.39 is 11.8 Å². The average Bonchev–Trinajstić information content (AvgIpc) is 2.33. The summed E-state index contributed by atoms with van der Waals surface area (Å²) in [4.78, 5) is 20.9. The number of carbonyl (C=O) groups excluding carboxylic acids is 1. The van der Waals surface area contributed by atoms with Crippen molar-refractivity contribution in [1.82, 2.24) is 10.2 Å². The Morgan fingerprint density at radius 1 is 1.64 bits per heavy atom. The second kappa shape index (κ2) is 2.53. The van der Waals surface area contributed by atoms with Crippen molar-refractivity contribution in [1.29, 1.82) is 0 Å². The summed E-state index contributed by atoms with van der Waals surface area (Å²) in [5.41, 5.74) is 0.579. The van der Waals surface area contributed by atoms with E-state index in [0.717, 1.165) is 0 Å². The Kier molecular flexibility index (Phi) is 1.72. The number of carbonyl (C=O) groups is 2. The quantitative estimate of drug-likeness (QED) is 0.463. The van der Waals surface area contributed by atoms with Crippen LogP contribution in [0.5, 0.6) is 0 Å². The third-order valence-electron chi connectivity index (χ3n) is 1.27. The normalized spacial score (nSPS) is 9.55. The molecule has 5 heteroatoms. The molecule has 0 amide bonds. The summed E-state index contributed by atoms with van der Waals surface area (Å²) in [6.45, 7) is 1.59. The zero-order valence-electron chi connectivity index (χ0n) is 5.79. The van der Waals surface area contributed by atoms with E-state index in [0.29, 0.717) is 5.69 Å². The number of aryl methyl sites for hydroxylation is 1. The number of Topliss-reactive ketones (excluding diaryl/α,β-unsaturated/α-hetero) is 1. The summed E-state index contributed by atoms with van der Waals surface area (Å²) >= 11 is 0. The Bertz CT molecular complexity index is 303. The highest BCUT2D eigenvalue weighted by atomic mass is 16.4. The predicted octanol–water partition coefficient (Wildman–Crippen LogP) is -0.0146. The molecule has 11 heavy (non-hydrogen) atoms. The van der Waals surface area contributed by atoms with Gasteiger partial charge < -0.3 is 5.11 Å². The fraction of sp³-hybridized carbons (Fsp3) is 0.167. The summed E-state index contributed by atoms with van der Waals surface area (Å²) in [5, 5.41) is 14.3. The molecule has 0 spiro atoms. The van der Waals surface area contributed by atoms with Crippen molar-refractivity contribution in [3.05, 3.63) is 17.5 Å². The van der Waals surface area contributed by atoms with Crippen molar-refractivity contribution in [2.24, 2.45) is 0 Å². The van der Waals surface area contributed by atoms with Crippen LogP contribution in [0.25, 0.3) is 0 Å². The van der Waals surface area contributed by atoms with Crippen molar-refractivity contribution >= 4 is 11.8 Å². The number of aromatic amines is 1. The van der Waals surface area contributed by atoms with E-state index in [-0.39, 0.29) is 5.56 Å². The summed E-state index contributed by atoms with van der Waals surface area (Å²) in [5.74, 6) is -2.40. The van der Waals surface area contributed by atoms with E-state index in [2.05, 4.69) is 10.2 Å². The number of rotatable bonds is 2. The molecule has 0 bridgehead atoms. The van der Waals surface area contributed by atoms with Gasteiger partial charge in [0.05, 0.1) is 11.8 Å². The number of carboxylic acid groups (broad SMARTS) is 1. The van der Waals surface area contributed by atoms with Crippen LogP contribution in [0.4, 0.5) is 0 Å². The minimum absolute atomic E-state index is 0.109. The van der Waals surface area contributed by atoms with Crippen LogP contribution in [0.15, 0.2) is 6.20 Å². The molecule has 0 saturated carbocycles. The van der Waals surface area contributed by atoms with E-state index in [1.54, 1.807) is 6.92 Å². The van der Waals surface area contributed by atoms with Crippen LogP contribution < -0.4 is 0 Å². The Labute approximate surface area is 62.0 Å². The maximum Gasteiger partial charge on any atom is 0.377 e. The summed E-state index contributed by atoms with van der Waals surface area (Å²) < 4.78 is 0. The zero-order chi connectivity index (χ0) is 8.43. The zero-order valence-corrected chi connectivity index (χ0v) is 5.79. The maximum atomic E-state index is 10.8. The molecule has 1 rings (SSSR count). The first-order valence-electron chi connectivity index (χ1n) is 2.90. The number of H-pyrrole nitrogens is 1. The largest absolute Gasteiger partial charge is 0.475 e. The Morgan fingerprint density at radius 2 is 2.27 bits per heavy atom. The minimum atomic E-state index is -1.46. The van der Waals surface area contributed by atoms with Gasteiger partial charge in [-0.15, -0.1) is 0 Å². The molecular formula is C6H6N2O3. The second-order valence-electron chi connectivity index (χ2n) is 2.04. The van der Waals surface area contributed by atoms with Gasteiger partial charge in [0.1, 0.15) is 0 Å². The second-order valence-corrected chi connectivity index (χ2v) is 2.04. The maximum absolute atomic E-state index is 10.8. The number of aromatic nitrogens is 2. The van der Waals surface area contributed by atoms with Gasteiger partial charge in [-0.1, -0.05) is 0 Å². The number of nitrogens with zero attached hydrogens (tertiary/aromatic N) is 1. The van der Waals surface area contributed by atoms with E-state index in [9.17, 15) is 9.59 Å². The van der Waals surface area contributed by atoms with E-state index in [1.165, 1.54) is 6.20 Å². The van der Waals surface area contributed by atoms with Crippen LogP contribution in [0, 0.1) is 6.92 Å². The SMILES string of the molecule is Cc1[nH]ncc1C(=O)C(=O)O. The van der Waals surface area contributed by atoms with Gasteiger partial charge in [0.2, 0.25) is 0 Å². The van der Waals surface area contributed by atoms with Crippen LogP contribution >= 0.6 is 0 Å². The predicted molar refractivity (Wildman–Crippen MR) is 35.3 cm³/mol. The lowest BCUT2D eigenvalue weighted by atomic mass is 10.2. The van der Waals surface area contributed by atoms with Gasteiger partial charge in [-0.05, 0) is 6.92 Å². The smallest absolute Gasteiger partial charge is 0.377 e. The molecule has 0 saturated heterocycles. The van der Waals surface area contributed by atoms with E-state index in [1.807, 2.05) is 0 Å². The Morgan fingerprint density at radius 3 is 2.64 bits per heavy atom. The number of hydrogen-bond acceptors (Lipinski definition) is 3.